The minimum atomic E-state index is -0.289. The third-order valence-electron chi connectivity index (χ3n) is 2.49. The lowest BCUT2D eigenvalue weighted by molar-refractivity contribution is -0.144. The fourth-order valence-corrected chi connectivity index (χ4v) is 2.20. The molecule has 0 aliphatic rings. The predicted octanol–water partition coefficient (Wildman–Crippen LogP) is 3.33. The summed E-state index contributed by atoms with van der Waals surface area (Å²) in [4.78, 5) is 11.4. The number of hydrogen-bond acceptors (Lipinski definition) is 5. The molecule has 0 saturated heterocycles. The first kappa shape index (κ1) is 15.4. The highest BCUT2D eigenvalue weighted by Crippen LogP contribution is 2.20. The molecule has 6 heteroatoms. The molecule has 0 aliphatic heterocycles. The molecule has 21 heavy (non-hydrogen) atoms. The highest BCUT2D eigenvalue weighted by atomic mass is 32.2. The fourth-order valence-electron chi connectivity index (χ4n) is 1.60. The van der Waals surface area contributed by atoms with E-state index in [-0.39, 0.29) is 23.6 Å². The second kappa shape index (κ2) is 7.17. The highest BCUT2D eigenvalue weighted by molar-refractivity contribution is 7.99. The Labute approximate surface area is 126 Å². The number of thioether (sulfide) groups is 1. The number of rotatable bonds is 5. The molecule has 0 radical (unpaired) electrons. The molecule has 0 bridgehead atoms. The van der Waals surface area contributed by atoms with Crippen molar-refractivity contribution >= 4 is 17.7 Å². The molecule has 4 nitrogen and oxygen atoms in total. The zero-order valence-corrected chi connectivity index (χ0v) is 12.6. The van der Waals surface area contributed by atoms with Gasteiger partial charge in [-0.15, -0.1) is 10.2 Å². The highest BCUT2D eigenvalue weighted by Gasteiger charge is 2.08. The zero-order valence-electron chi connectivity index (χ0n) is 11.7. The summed E-state index contributed by atoms with van der Waals surface area (Å²) >= 11 is 1.27. The molecule has 0 unspecified atom stereocenters. The Morgan fingerprint density at radius 2 is 1.90 bits per heavy atom. The summed E-state index contributed by atoms with van der Waals surface area (Å²) < 4.78 is 17.9. The van der Waals surface area contributed by atoms with E-state index in [2.05, 4.69) is 10.2 Å². The number of ether oxygens (including phenoxy) is 1. The normalized spacial score (nSPS) is 10.7. The van der Waals surface area contributed by atoms with Gasteiger partial charge in [-0.1, -0.05) is 11.8 Å². The van der Waals surface area contributed by atoms with Gasteiger partial charge in [-0.3, -0.25) is 4.79 Å². The first-order chi connectivity index (χ1) is 10.0. The van der Waals surface area contributed by atoms with Crippen LogP contribution in [0.1, 0.15) is 13.8 Å². The van der Waals surface area contributed by atoms with Gasteiger partial charge in [0.05, 0.1) is 17.6 Å². The van der Waals surface area contributed by atoms with Gasteiger partial charge in [-0.25, -0.2) is 4.39 Å². The molecule has 0 fully saturated rings. The fraction of sp³-hybridized carbons (Fsp3) is 0.267. The lowest BCUT2D eigenvalue weighted by atomic mass is 10.1. The Hall–Kier alpha value is -1.95. The Kier molecular flexibility index (Phi) is 5.27. The molecular formula is C15H15FN2O2S. The minimum absolute atomic E-state index is 0.120. The average molecular weight is 306 g/mol. The molecule has 0 atom stereocenters. The van der Waals surface area contributed by atoms with E-state index < -0.39 is 0 Å². The number of esters is 1. The number of carbonyl (C=O) groups excluding carboxylic acids is 1. The van der Waals surface area contributed by atoms with Crippen LogP contribution in [0.15, 0.2) is 41.4 Å². The molecule has 0 spiro atoms. The lowest BCUT2D eigenvalue weighted by Gasteiger charge is -2.07. The Morgan fingerprint density at radius 1 is 1.19 bits per heavy atom. The van der Waals surface area contributed by atoms with Crippen LogP contribution >= 0.6 is 11.8 Å². The Bertz CT molecular complexity index is 600. The van der Waals surface area contributed by atoms with Gasteiger partial charge in [0, 0.05) is 5.56 Å². The van der Waals surface area contributed by atoms with Crippen LogP contribution in [0.5, 0.6) is 0 Å². The van der Waals surface area contributed by atoms with Crippen LogP contribution in [0.4, 0.5) is 4.39 Å². The summed E-state index contributed by atoms with van der Waals surface area (Å²) in [6.45, 7) is 3.61. The summed E-state index contributed by atoms with van der Waals surface area (Å²) in [5.41, 5.74) is 1.45. The molecule has 1 aromatic heterocycles. The first-order valence-electron chi connectivity index (χ1n) is 6.46. The summed E-state index contributed by atoms with van der Waals surface area (Å²) in [5, 5.41) is 8.75. The molecule has 0 aliphatic carbocycles. The van der Waals surface area contributed by atoms with Crippen molar-refractivity contribution in [3.8, 4) is 11.3 Å². The zero-order chi connectivity index (χ0) is 15.2. The number of carbonyl (C=O) groups is 1. The van der Waals surface area contributed by atoms with E-state index in [4.69, 9.17) is 4.74 Å². The molecule has 1 heterocycles. The predicted molar refractivity (Wildman–Crippen MR) is 79.4 cm³/mol. The van der Waals surface area contributed by atoms with Gasteiger partial charge < -0.3 is 4.74 Å². The molecule has 0 N–H and O–H groups in total. The van der Waals surface area contributed by atoms with Gasteiger partial charge in [-0.2, -0.15) is 0 Å². The van der Waals surface area contributed by atoms with E-state index in [0.29, 0.717) is 10.7 Å². The third-order valence-corrected chi connectivity index (χ3v) is 3.38. The van der Waals surface area contributed by atoms with Crippen LogP contribution in [0.2, 0.25) is 0 Å². The van der Waals surface area contributed by atoms with Crippen LogP contribution in [-0.4, -0.2) is 28.0 Å². The van der Waals surface area contributed by atoms with Gasteiger partial charge >= 0.3 is 5.97 Å². The molecule has 2 aromatic rings. The number of nitrogens with zero attached hydrogens (tertiary/aromatic N) is 2. The van der Waals surface area contributed by atoms with E-state index in [1.165, 1.54) is 23.9 Å². The molecule has 1 aromatic carbocycles. The van der Waals surface area contributed by atoms with E-state index >= 15 is 0 Å². The Morgan fingerprint density at radius 3 is 2.48 bits per heavy atom. The van der Waals surface area contributed by atoms with Crippen LogP contribution in [0, 0.1) is 5.82 Å². The van der Waals surface area contributed by atoms with Crippen molar-refractivity contribution in [3.63, 3.8) is 0 Å². The summed E-state index contributed by atoms with van der Waals surface area (Å²) in [5.74, 6) is -0.370. The van der Waals surface area contributed by atoms with Crippen molar-refractivity contribution in [2.24, 2.45) is 0 Å². The molecule has 0 amide bonds. The summed E-state index contributed by atoms with van der Waals surface area (Å²) in [7, 11) is 0. The first-order valence-corrected chi connectivity index (χ1v) is 7.45. The van der Waals surface area contributed by atoms with Crippen LogP contribution in [-0.2, 0) is 9.53 Å². The quantitative estimate of drug-likeness (QED) is 0.626. The SMILES string of the molecule is CC(C)OC(=O)CSc1ccc(-c2ccc(F)cc2)nn1. The van der Waals surface area contributed by atoms with Gasteiger partial charge in [0.25, 0.3) is 0 Å². The van der Waals surface area contributed by atoms with Crippen molar-refractivity contribution in [1.82, 2.24) is 10.2 Å². The molecule has 110 valence electrons. The van der Waals surface area contributed by atoms with Crippen LogP contribution < -0.4 is 0 Å². The largest absolute Gasteiger partial charge is 0.462 e. The van der Waals surface area contributed by atoms with Crippen LogP contribution in [0.3, 0.4) is 0 Å². The lowest BCUT2D eigenvalue weighted by Crippen LogP contribution is -2.13. The van der Waals surface area contributed by atoms with Crippen molar-refractivity contribution in [2.75, 3.05) is 5.75 Å². The van der Waals surface area contributed by atoms with Gasteiger partial charge in [0.1, 0.15) is 10.8 Å². The van der Waals surface area contributed by atoms with Crippen molar-refractivity contribution < 1.29 is 13.9 Å². The molecular weight excluding hydrogens is 291 g/mol. The third kappa shape index (κ3) is 4.82. The number of benzene rings is 1. The van der Waals surface area contributed by atoms with E-state index in [9.17, 15) is 9.18 Å². The van der Waals surface area contributed by atoms with Gasteiger partial charge in [-0.05, 0) is 50.2 Å². The molecule has 0 saturated carbocycles. The smallest absolute Gasteiger partial charge is 0.316 e. The number of aromatic nitrogens is 2. The van der Waals surface area contributed by atoms with Crippen molar-refractivity contribution in [3.05, 3.63) is 42.2 Å². The minimum Gasteiger partial charge on any atom is -0.462 e. The maximum atomic E-state index is 12.8. The van der Waals surface area contributed by atoms with Crippen LogP contribution in [0.25, 0.3) is 11.3 Å². The van der Waals surface area contributed by atoms with Gasteiger partial charge in [0.15, 0.2) is 0 Å². The van der Waals surface area contributed by atoms with E-state index in [1.54, 1.807) is 38.1 Å². The summed E-state index contributed by atoms with van der Waals surface area (Å²) in [6, 6.07) is 9.61. The summed E-state index contributed by atoms with van der Waals surface area (Å²) in [6.07, 6.45) is -0.120. The maximum Gasteiger partial charge on any atom is 0.316 e. The molecule has 2 rings (SSSR count). The number of hydrogen-bond donors (Lipinski definition) is 0. The monoisotopic (exact) mass is 306 g/mol. The maximum absolute atomic E-state index is 12.8. The van der Waals surface area contributed by atoms with E-state index in [0.717, 1.165) is 5.56 Å². The Balaban J connectivity index is 1.96. The van der Waals surface area contributed by atoms with Crippen molar-refractivity contribution in [1.29, 1.82) is 0 Å². The van der Waals surface area contributed by atoms with E-state index in [1.807, 2.05) is 0 Å². The van der Waals surface area contributed by atoms with Gasteiger partial charge in [0.2, 0.25) is 0 Å². The second-order valence-corrected chi connectivity index (χ2v) is 5.59. The second-order valence-electron chi connectivity index (χ2n) is 4.59. The van der Waals surface area contributed by atoms with Crippen molar-refractivity contribution in [2.45, 2.75) is 25.0 Å². The average Bonchev–Trinajstić information content (AvgIpc) is 2.46. The topological polar surface area (TPSA) is 52.1 Å². The number of halogens is 1. The standard InChI is InChI=1S/C15H15FN2O2S/c1-10(2)20-15(19)9-21-14-8-7-13(17-18-14)11-3-5-12(16)6-4-11/h3-8,10H,9H2,1-2H3.